The van der Waals surface area contributed by atoms with Gasteiger partial charge in [0.1, 0.15) is 22.3 Å². The van der Waals surface area contributed by atoms with Crippen molar-refractivity contribution in [3.05, 3.63) is 182 Å². The quantitative estimate of drug-likeness (QED) is 0.173. The smallest absolute Gasteiger partial charge is 0.144 e. The first kappa shape index (κ1) is 29.4. The van der Waals surface area contributed by atoms with Crippen LogP contribution in [-0.4, -0.2) is 0 Å². The Bertz CT molecular complexity index is 3430. The van der Waals surface area contributed by atoms with Crippen molar-refractivity contribution in [3.63, 3.8) is 0 Å². The minimum Gasteiger partial charge on any atom is -0.455 e. The van der Waals surface area contributed by atoms with Gasteiger partial charge in [-0.05, 0) is 96.0 Å². The van der Waals surface area contributed by atoms with Gasteiger partial charge >= 0.3 is 0 Å². The summed E-state index contributed by atoms with van der Waals surface area (Å²) in [7, 11) is 0. The Kier molecular flexibility index (Phi) is 6.09. The first-order chi connectivity index (χ1) is 26.8. The maximum atomic E-state index is 6.91. The van der Waals surface area contributed by atoms with Gasteiger partial charge in [0.15, 0.2) is 0 Å². The van der Waals surface area contributed by atoms with E-state index >= 15 is 0 Å². The van der Waals surface area contributed by atoms with E-state index in [1.807, 2.05) is 6.07 Å². The van der Waals surface area contributed by atoms with Crippen molar-refractivity contribution in [2.75, 3.05) is 0 Å². The maximum Gasteiger partial charge on any atom is 0.144 e. The maximum absolute atomic E-state index is 6.91. The van der Waals surface area contributed by atoms with E-state index in [9.17, 15) is 0 Å². The Morgan fingerprint density at radius 1 is 0.259 bits per heavy atom. The molecule has 0 N–H and O–H groups in total. The summed E-state index contributed by atoms with van der Waals surface area (Å²) in [5.74, 6) is 0. The fourth-order valence-corrected chi connectivity index (χ4v) is 9.01. The van der Waals surface area contributed by atoms with Crippen LogP contribution in [0.4, 0.5) is 0 Å². The van der Waals surface area contributed by atoms with Gasteiger partial charge in [0.25, 0.3) is 0 Å². The number of fused-ring (bicyclic) bond motifs is 13. The van der Waals surface area contributed by atoms with E-state index < -0.39 is 0 Å². The van der Waals surface area contributed by atoms with Crippen molar-refractivity contribution in [2.45, 2.75) is 0 Å². The third kappa shape index (κ3) is 4.17. The van der Waals surface area contributed by atoms with E-state index in [4.69, 9.17) is 8.83 Å². The molecule has 0 amide bonds. The number of furan rings is 2. The minimum absolute atomic E-state index is 0.868. The van der Waals surface area contributed by atoms with Gasteiger partial charge in [-0.1, -0.05) is 152 Å². The normalized spacial score (nSPS) is 12.1. The van der Waals surface area contributed by atoms with Crippen LogP contribution in [0.3, 0.4) is 0 Å². The summed E-state index contributed by atoms with van der Waals surface area (Å²) in [4.78, 5) is 0. The molecule has 250 valence electrons. The van der Waals surface area contributed by atoms with Crippen molar-refractivity contribution in [2.24, 2.45) is 0 Å². The number of para-hydroxylation sites is 1. The highest BCUT2D eigenvalue weighted by molar-refractivity contribution is 6.34. The van der Waals surface area contributed by atoms with Crippen LogP contribution < -0.4 is 0 Å². The molecule has 0 aliphatic rings. The van der Waals surface area contributed by atoms with E-state index in [-0.39, 0.29) is 0 Å². The fraction of sp³-hybridized carbons (Fsp3) is 0. The molecule has 0 atom stereocenters. The van der Waals surface area contributed by atoms with Gasteiger partial charge in [-0.25, -0.2) is 0 Å². The van der Waals surface area contributed by atoms with E-state index in [0.717, 1.165) is 60.2 Å². The van der Waals surface area contributed by atoms with E-state index in [1.54, 1.807) is 0 Å². The Morgan fingerprint density at radius 3 is 1.30 bits per heavy atom. The van der Waals surface area contributed by atoms with Crippen LogP contribution in [0, 0.1) is 0 Å². The van der Waals surface area contributed by atoms with Gasteiger partial charge in [-0.15, -0.1) is 0 Å². The number of hydrogen-bond acceptors (Lipinski definition) is 2. The van der Waals surface area contributed by atoms with Gasteiger partial charge in [-0.3, -0.25) is 0 Å². The standard InChI is InChI=1S/C52H30O2/c1-2-12-31(13-3-1)32-22-23-34-29-35(25-24-33(34)28-32)47-37-14-4-6-16-39(37)48(40-17-7-5-15-38(40)47)36-26-27-44-46(30-36)54-52-42-19-9-8-18-41(42)51-49(50(44)52)43-20-10-11-21-45(43)53-51/h1-30H. The molecule has 0 saturated heterocycles. The van der Waals surface area contributed by atoms with Crippen molar-refractivity contribution in [1.29, 1.82) is 0 Å². The lowest BCUT2D eigenvalue weighted by atomic mass is 9.85. The predicted molar refractivity (Wildman–Crippen MR) is 227 cm³/mol. The van der Waals surface area contributed by atoms with Crippen LogP contribution in [0.5, 0.6) is 0 Å². The van der Waals surface area contributed by atoms with Crippen molar-refractivity contribution in [3.8, 4) is 33.4 Å². The SMILES string of the molecule is c1ccc(-c2ccc3cc(-c4c5ccccc5c(-c5ccc6c(c5)oc5c7ccccc7c7oc8ccccc8c7c65)c5ccccc45)ccc3c2)cc1. The molecule has 0 aliphatic heterocycles. The van der Waals surface area contributed by atoms with Gasteiger partial charge < -0.3 is 8.83 Å². The third-order valence-corrected chi connectivity index (χ3v) is 11.4. The zero-order chi connectivity index (χ0) is 35.3. The molecule has 12 rings (SSSR count). The highest BCUT2D eigenvalue weighted by Gasteiger charge is 2.22. The summed E-state index contributed by atoms with van der Waals surface area (Å²) < 4.78 is 13.4. The molecule has 2 aromatic heterocycles. The molecule has 0 unspecified atom stereocenters. The zero-order valence-electron chi connectivity index (χ0n) is 29.1. The largest absolute Gasteiger partial charge is 0.455 e. The highest BCUT2D eigenvalue weighted by atomic mass is 16.3. The Balaban J connectivity index is 1.10. The summed E-state index contributed by atoms with van der Waals surface area (Å²) in [6.45, 7) is 0. The van der Waals surface area contributed by atoms with Gasteiger partial charge in [0.2, 0.25) is 0 Å². The molecular weight excluding hydrogens is 657 g/mol. The first-order valence-corrected chi connectivity index (χ1v) is 18.5. The summed E-state index contributed by atoms with van der Waals surface area (Å²) in [5, 5.41) is 13.9. The van der Waals surface area contributed by atoms with Gasteiger partial charge in [0.05, 0.1) is 0 Å². The second kappa shape index (κ2) is 11.2. The molecule has 0 aliphatic carbocycles. The Labute approximate surface area is 310 Å². The summed E-state index contributed by atoms with van der Waals surface area (Å²) in [6, 6.07) is 65.5. The van der Waals surface area contributed by atoms with Crippen molar-refractivity contribution < 1.29 is 8.83 Å². The average Bonchev–Trinajstić information content (AvgIpc) is 3.81. The summed E-state index contributed by atoms with van der Waals surface area (Å²) >= 11 is 0. The topological polar surface area (TPSA) is 26.3 Å². The molecule has 54 heavy (non-hydrogen) atoms. The molecule has 0 bridgehead atoms. The molecule has 0 saturated carbocycles. The lowest BCUT2D eigenvalue weighted by molar-refractivity contribution is 0.668. The monoisotopic (exact) mass is 686 g/mol. The summed E-state index contributed by atoms with van der Waals surface area (Å²) in [6.07, 6.45) is 0. The lowest BCUT2D eigenvalue weighted by Gasteiger charge is -2.18. The minimum atomic E-state index is 0.868. The first-order valence-electron chi connectivity index (χ1n) is 18.5. The number of hydrogen-bond donors (Lipinski definition) is 0. The van der Waals surface area contributed by atoms with Crippen LogP contribution in [0.2, 0.25) is 0 Å². The van der Waals surface area contributed by atoms with E-state index in [1.165, 1.54) is 60.1 Å². The van der Waals surface area contributed by atoms with Crippen LogP contribution >= 0.6 is 0 Å². The van der Waals surface area contributed by atoms with Crippen LogP contribution in [0.1, 0.15) is 0 Å². The van der Waals surface area contributed by atoms with E-state index in [2.05, 4.69) is 176 Å². The predicted octanol–water partition coefficient (Wildman–Crippen LogP) is 15.1. The zero-order valence-corrected chi connectivity index (χ0v) is 29.1. The van der Waals surface area contributed by atoms with Crippen LogP contribution in [0.15, 0.2) is 191 Å². The second-order valence-electron chi connectivity index (χ2n) is 14.3. The third-order valence-electron chi connectivity index (χ3n) is 11.4. The van der Waals surface area contributed by atoms with Gasteiger partial charge in [-0.2, -0.15) is 0 Å². The highest BCUT2D eigenvalue weighted by Crippen LogP contribution is 2.48. The van der Waals surface area contributed by atoms with Crippen LogP contribution in [0.25, 0.3) is 120 Å². The molecule has 0 fully saturated rings. The van der Waals surface area contributed by atoms with Gasteiger partial charge in [0, 0.05) is 32.3 Å². The summed E-state index contributed by atoms with van der Waals surface area (Å²) in [5.41, 5.74) is 10.8. The molecule has 2 heteroatoms. The Hall–Kier alpha value is -7.16. The molecular formula is C52H30O2. The molecule has 0 radical (unpaired) electrons. The molecule has 10 aromatic carbocycles. The lowest BCUT2D eigenvalue weighted by Crippen LogP contribution is -1.91. The molecule has 0 spiro atoms. The van der Waals surface area contributed by atoms with Crippen LogP contribution in [-0.2, 0) is 0 Å². The Morgan fingerprint density at radius 2 is 0.685 bits per heavy atom. The fourth-order valence-electron chi connectivity index (χ4n) is 9.01. The van der Waals surface area contributed by atoms with Crippen molar-refractivity contribution >= 4 is 87.0 Å². The molecule has 12 aromatic rings. The average molecular weight is 687 g/mol. The van der Waals surface area contributed by atoms with E-state index in [0.29, 0.717) is 0 Å². The number of benzene rings is 10. The van der Waals surface area contributed by atoms with Crippen molar-refractivity contribution in [1.82, 2.24) is 0 Å². The molecule has 2 nitrogen and oxygen atoms in total. The molecule has 2 heterocycles. The number of rotatable bonds is 3. The second-order valence-corrected chi connectivity index (χ2v) is 14.3.